The van der Waals surface area contributed by atoms with Crippen molar-refractivity contribution in [3.05, 3.63) is 22.8 Å². The highest BCUT2D eigenvalue weighted by molar-refractivity contribution is 9.10. The van der Waals surface area contributed by atoms with E-state index in [2.05, 4.69) is 20.9 Å². The number of carbonyl (C=O) groups is 1. The normalized spacial score (nSPS) is 16.6. The molecule has 2 heterocycles. The Hall–Kier alpha value is -0.940. The maximum absolute atomic E-state index is 12.2. The highest BCUT2D eigenvalue weighted by Gasteiger charge is 2.20. The van der Waals surface area contributed by atoms with Crippen LogP contribution in [0.2, 0.25) is 0 Å². The lowest BCUT2D eigenvalue weighted by Gasteiger charge is -2.24. The molecule has 1 aromatic heterocycles. The molecule has 1 aliphatic rings. The number of anilines is 1. The Morgan fingerprint density at radius 2 is 2.28 bits per heavy atom. The number of aromatic nitrogens is 1. The largest absolute Gasteiger partial charge is 0.381 e. The number of nitrogens with zero attached hydrogens (tertiary/aromatic N) is 2. The molecule has 1 saturated heterocycles. The van der Waals surface area contributed by atoms with E-state index in [0.29, 0.717) is 18.2 Å². The zero-order chi connectivity index (χ0) is 13.0. The number of halogens is 1. The smallest absolute Gasteiger partial charge is 0.228 e. The summed E-state index contributed by atoms with van der Waals surface area (Å²) in [6.07, 6.45) is 4.22. The van der Waals surface area contributed by atoms with Gasteiger partial charge in [-0.1, -0.05) is 15.9 Å². The van der Waals surface area contributed by atoms with Gasteiger partial charge in [-0.25, -0.2) is 4.98 Å². The van der Waals surface area contributed by atoms with Gasteiger partial charge in [0.15, 0.2) is 0 Å². The fourth-order valence-electron chi connectivity index (χ4n) is 2.04. The highest BCUT2D eigenvalue weighted by atomic mass is 79.9. The van der Waals surface area contributed by atoms with Crippen LogP contribution in [0.3, 0.4) is 0 Å². The van der Waals surface area contributed by atoms with E-state index < -0.39 is 0 Å². The van der Waals surface area contributed by atoms with E-state index in [1.807, 2.05) is 12.1 Å². The monoisotopic (exact) mass is 312 g/mol. The van der Waals surface area contributed by atoms with Crippen molar-refractivity contribution >= 4 is 27.7 Å². The first-order chi connectivity index (χ1) is 8.66. The van der Waals surface area contributed by atoms with Crippen LogP contribution >= 0.6 is 15.9 Å². The highest BCUT2D eigenvalue weighted by Crippen LogP contribution is 2.21. The molecule has 0 N–H and O–H groups in total. The first-order valence-corrected chi connectivity index (χ1v) is 6.92. The summed E-state index contributed by atoms with van der Waals surface area (Å²) >= 11 is 3.38. The topological polar surface area (TPSA) is 42.4 Å². The van der Waals surface area contributed by atoms with Gasteiger partial charge in [-0.15, -0.1) is 0 Å². The zero-order valence-electron chi connectivity index (χ0n) is 10.4. The lowest BCUT2D eigenvalue weighted by Crippen LogP contribution is -2.30. The van der Waals surface area contributed by atoms with Crippen LogP contribution in [-0.4, -0.2) is 31.2 Å². The second-order valence-corrected chi connectivity index (χ2v) is 5.46. The van der Waals surface area contributed by atoms with Crippen molar-refractivity contribution in [2.75, 3.05) is 25.2 Å². The quantitative estimate of drug-likeness (QED) is 0.861. The maximum Gasteiger partial charge on any atom is 0.228 e. The van der Waals surface area contributed by atoms with Gasteiger partial charge in [0.05, 0.1) is 0 Å². The number of carbonyl (C=O) groups excluding carboxylic acids is 1. The molecule has 0 unspecified atom stereocenters. The standard InChI is InChI=1S/C13H17BrN2O2/c1-16(12-9-11(14)2-5-15-12)13(17)8-10-3-6-18-7-4-10/h2,5,9-10H,3-4,6-8H2,1H3. The van der Waals surface area contributed by atoms with Crippen LogP contribution in [0.1, 0.15) is 19.3 Å². The lowest BCUT2D eigenvalue weighted by atomic mass is 9.96. The van der Waals surface area contributed by atoms with E-state index in [0.717, 1.165) is 30.5 Å². The van der Waals surface area contributed by atoms with Gasteiger partial charge in [-0.3, -0.25) is 9.69 Å². The Kier molecular flexibility index (Phi) is 4.72. The molecule has 4 nitrogen and oxygen atoms in total. The van der Waals surface area contributed by atoms with E-state index in [1.165, 1.54) is 0 Å². The fraction of sp³-hybridized carbons (Fsp3) is 0.538. The van der Waals surface area contributed by atoms with E-state index in [4.69, 9.17) is 4.74 Å². The van der Waals surface area contributed by atoms with Crippen molar-refractivity contribution < 1.29 is 9.53 Å². The minimum atomic E-state index is 0.118. The third kappa shape index (κ3) is 3.53. The van der Waals surface area contributed by atoms with Crippen molar-refractivity contribution in [3.63, 3.8) is 0 Å². The minimum absolute atomic E-state index is 0.118. The van der Waals surface area contributed by atoms with Gasteiger partial charge in [-0.2, -0.15) is 0 Å². The first-order valence-electron chi connectivity index (χ1n) is 6.12. The average Bonchev–Trinajstić information content (AvgIpc) is 2.39. The molecule has 0 aliphatic carbocycles. The van der Waals surface area contributed by atoms with Gasteiger partial charge in [0.1, 0.15) is 5.82 Å². The van der Waals surface area contributed by atoms with E-state index in [1.54, 1.807) is 18.1 Å². The molecule has 1 aromatic rings. The number of hydrogen-bond donors (Lipinski definition) is 0. The third-order valence-electron chi connectivity index (χ3n) is 3.23. The summed E-state index contributed by atoms with van der Waals surface area (Å²) < 4.78 is 6.23. The molecule has 98 valence electrons. The molecule has 2 rings (SSSR count). The van der Waals surface area contributed by atoms with Crippen LogP contribution in [0.25, 0.3) is 0 Å². The number of hydrogen-bond acceptors (Lipinski definition) is 3. The second kappa shape index (κ2) is 6.29. The molecular weight excluding hydrogens is 296 g/mol. The molecule has 1 fully saturated rings. The predicted molar refractivity (Wildman–Crippen MR) is 73.5 cm³/mol. The van der Waals surface area contributed by atoms with Crippen molar-refractivity contribution in [1.82, 2.24) is 4.98 Å². The van der Waals surface area contributed by atoms with Gasteiger partial charge in [-0.05, 0) is 30.9 Å². The Morgan fingerprint density at radius 1 is 1.56 bits per heavy atom. The van der Waals surface area contributed by atoms with Crippen LogP contribution < -0.4 is 4.90 Å². The molecule has 0 aromatic carbocycles. The molecule has 0 atom stereocenters. The zero-order valence-corrected chi connectivity index (χ0v) is 12.0. The minimum Gasteiger partial charge on any atom is -0.381 e. The van der Waals surface area contributed by atoms with Crippen LogP contribution in [0.4, 0.5) is 5.82 Å². The molecular formula is C13H17BrN2O2. The van der Waals surface area contributed by atoms with Crippen LogP contribution in [0.15, 0.2) is 22.8 Å². The summed E-state index contributed by atoms with van der Waals surface area (Å²) in [4.78, 5) is 18.0. The Morgan fingerprint density at radius 3 is 2.94 bits per heavy atom. The average molecular weight is 313 g/mol. The predicted octanol–water partition coefficient (Wildman–Crippen LogP) is 2.62. The maximum atomic E-state index is 12.2. The van der Waals surface area contributed by atoms with Crippen LogP contribution in [-0.2, 0) is 9.53 Å². The summed E-state index contributed by atoms with van der Waals surface area (Å²) in [5.41, 5.74) is 0. The van der Waals surface area contributed by atoms with Crippen LogP contribution in [0.5, 0.6) is 0 Å². The van der Waals surface area contributed by atoms with Gasteiger partial charge in [0.2, 0.25) is 5.91 Å². The summed E-state index contributed by atoms with van der Waals surface area (Å²) in [5.74, 6) is 1.25. The van der Waals surface area contributed by atoms with E-state index in [-0.39, 0.29) is 5.91 Å². The van der Waals surface area contributed by atoms with E-state index in [9.17, 15) is 4.79 Å². The van der Waals surface area contributed by atoms with Crippen molar-refractivity contribution in [1.29, 1.82) is 0 Å². The molecule has 18 heavy (non-hydrogen) atoms. The molecule has 0 spiro atoms. The Labute approximate surface area is 115 Å². The summed E-state index contributed by atoms with van der Waals surface area (Å²) in [5, 5.41) is 0. The van der Waals surface area contributed by atoms with Crippen molar-refractivity contribution in [2.24, 2.45) is 5.92 Å². The molecule has 0 saturated carbocycles. The fourth-order valence-corrected chi connectivity index (χ4v) is 2.36. The van der Waals surface area contributed by atoms with Gasteiger partial charge in [0.25, 0.3) is 0 Å². The van der Waals surface area contributed by atoms with Crippen molar-refractivity contribution in [2.45, 2.75) is 19.3 Å². The molecule has 0 radical (unpaired) electrons. The van der Waals surface area contributed by atoms with Crippen molar-refractivity contribution in [3.8, 4) is 0 Å². The Balaban J connectivity index is 1.95. The first kappa shape index (κ1) is 13.5. The second-order valence-electron chi connectivity index (χ2n) is 4.54. The summed E-state index contributed by atoms with van der Waals surface area (Å²) in [7, 11) is 1.77. The van der Waals surface area contributed by atoms with Gasteiger partial charge < -0.3 is 4.74 Å². The molecule has 1 aliphatic heterocycles. The SMILES string of the molecule is CN(C(=O)CC1CCOCC1)c1cc(Br)ccn1. The summed E-state index contributed by atoms with van der Waals surface area (Å²) in [6, 6.07) is 3.70. The van der Waals surface area contributed by atoms with Gasteiger partial charge in [0, 0.05) is 37.4 Å². The van der Waals surface area contributed by atoms with Gasteiger partial charge >= 0.3 is 0 Å². The number of rotatable bonds is 3. The number of amides is 1. The van der Waals surface area contributed by atoms with E-state index >= 15 is 0 Å². The lowest BCUT2D eigenvalue weighted by molar-refractivity contribution is -0.119. The Bertz CT molecular complexity index is 419. The summed E-state index contributed by atoms with van der Waals surface area (Å²) in [6.45, 7) is 1.55. The molecule has 1 amide bonds. The molecule has 0 bridgehead atoms. The number of ether oxygens (including phenoxy) is 1. The third-order valence-corrected chi connectivity index (χ3v) is 3.72. The molecule has 5 heteroatoms. The number of pyridine rings is 1. The van der Waals surface area contributed by atoms with Crippen LogP contribution in [0, 0.1) is 5.92 Å².